The Morgan fingerprint density at radius 3 is 2.38 bits per heavy atom. The summed E-state index contributed by atoms with van der Waals surface area (Å²) in [5, 5.41) is 4.77. The van der Waals surface area contributed by atoms with Crippen molar-refractivity contribution in [1.29, 1.82) is 0 Å². The maximum absolute atomic E-state index is 12.5. The van der Waals surface area contributed by atoms with Crippen LogP contribution in [-0.4, -0.2) is 28.8 Å². The molecule has 34 heavy (non-hydrogen) atoms. The highest BCUT2D eigenvalue weighted by atomic mass is 16.5. The van der Waals surface area contributed by atoms with E-state index in [1.165, 1.54) is 12.3 Å². The van der Waals surface area contributed by atoms with E-state index in [1.807, 2.05) is 36.4 Å². The topological polar surface area (TPSA) is 109 Å². The van der Waals surface area contributed by atoms with Gasteiger partial charge in [0.15, 0.2) is 6.10 Å². The van der Waals surface area contributed by atoms with Crippen molar-refractivity contribution >= 4 is 34.2 Å². The molecule has 0 aliphatic heterocycles. The van der Waals surface area contributed by atoms with E-state index in [-0.39, 0.29) is 11.5 Å². The first-order valence-corrected chi connectivity index (χ1v) is 10.6. The quantitative estimate of drug-likeness (QED) is 0.385. The molecule has 3 aromatic carbocycles. The van der Waals surface area contributed by atoms with Crippen LogP contribution in [0.25, 0.3) is 10.8 Å². The first-order chi connectivity index (χ1) is 16.5. The number of amides is 3. The third-order valence-corrected chi connectivity index (χ3v) is 5.01. The molecular formula is C26H22N4O4. The lowest BCUT2D eigenvalue weighted by atomic mass is 10.1. The number of carbonyl (C=O) groups is 3. The van der Waals surface area contributed by atoms with Gasteiger partial charge in [0.2, 0.25) is 0 Å². The Bertz CT molecular complexity index is 1340. The van der Waals surface area contributed by atoms with Gasteiger partial charge in [0.25, 0.3) is 17.7 Å². The van der Waals surface area contributed by atoms with Gasteiger partial charge in [0.1, 0.15) is 5.75 Å². The molecule has 4 aromatic rings. The number of nitrogens with zero attached hydrogens (tertiary/aromatic N) is 1. The van der Waals surface area contributed by atoms with E-state index < -0.39 is 17.9 Å². The molecule has 0 aliphatic carbocycles. The van der Waals surface area contributed by atoms with Crippen molar-refractivity contribution in [2.75, 3.05) is 5.32 Å². The summed E-state index contributed by atoms with van der Waals surface area (Å²) in [5.74, 6) is -0.852. The van der Waals surface area contributed by atoms with Crippen molar-refractivity contribution in [2.24, 2.45) is 0 Å². The zero-order chi connectivity index (χ0) is 23.9. The van der Waals surface area contributed by atoms with E-state index in [9.17, 15) is 14.4 Å². The molecule has 0 saturated carbocycles. The minimum atomic E-state index is -0.841. The Hall–Kier alpha value is -4.72. The summed E-state index contributed by atoms with van der Waals surface area (Å²) in [4.78, 5) is 41.1. The minimum absolute atomic E-state index is 0.257. The highest BCUT2D eigenvalue weighted by molar-refractivity contribution is 6.05. The van der Waals surface area contributed by atoms with Crippen LogP contribution in [0, 0.1) is 0 Å². The highest BCUT2D eigenvalue weighted by Crippen LogP contribution is 2.21. The summed E-state index contributed by atoms with van der Waals surface area (Å²) < 4.78 is 5.71. The molecule has 1 aromatic heterocycles. The number of anilines is 1. The molecule has 0 saturated heterocycles. The van der Waals surface area contributed by atoms with Crippen LogP contribution < -0.4 is 20.9 Å². The lowest BCUT2D eigenvalue weighted by Crippen LogP contribution is -2.47. The van der Waals surface area contributed by atoms with E-state index in [4.69, 9.17) is 4.74 Å². The fourth-order valence-corrected chi connectivity index (χ4v) is 3.23. The van der Waals surface area contributed by atoms with Crippen molar-refractivity contribution in [1.82, 2.24) is 15.8 Å². The number of pyridine rings is 1. The van der Waals surface area contributed by atoms with E-state index in [0.717, 1.165) is 10.8 Å². The molecule has 8 nitrogen and oxygen atoms in total. The van der Waals surface area contributed by atoms with Crippen LogP contribution in [0.1, 0.15) is 27.6 Å². The Morgan fingerprint density at radius 1 is 0.794 bits per heavy atom. The second kappa shape index (κ2) is 10.3. The summed E-state index contributed by atoms with van der Waals surface area (Å²) >= 11 is 0. The van der Waals surface area contributed by atoms with E-state index in [1.54, 1.807) is 49.5 Å². The van der Waals surface area contributed by atoms with Crippen molar-refractivity contribution < 1.29 is 19.1 Å². The lowest BCUT2D eigenvalue weighted by molar-refractivity contribution is -0.128. The molecule has 170 valence electrons. The van der Waals surface area contributed by atoms with Gasteiger partial charge in [-0.2, -0.15) is 0 Å². The van der Waals surface area contributed by atoms with Gasteiger partial charge in [0.05, 0.1) is 5.56 Å². The number of rotatable bonds is 6. The van der Waals surface area contributed by atoms with Crippen LogP contribution in [0.15, 0.2) is 91.3 Å². The van der Waals surface area contributed by atoms with Crippen LogP contribution in [0.3, 0.4) is 0 Å². The molecule has 1 atom stereocenters. The molecular weight excluding hydrogens is 432 g/mol. The Labute approximate surface area is 195 Å². The third-order valence-electron chi connectivity index (χ3n) is 5.01. The molecule has 0 aliphatic rings. The average Bonchev–Trinajstić information content (AvgIpc) is 2.87. The summed E-state index contributed by atoms with van der Waals surface area (Å²) in [5.41, 5.74) is 5.81. The average molecular weight is 454 g/mol. The molecule has 4 rings (SSSR count). The van der Waals surface area contributed by atoms with Gasteiger partial charge in [-0.15, -0.1) is 0 Å². The summed E-state index contributed by atoms with van der Waals surface area (Å²) in [6.07, 6.45) is 2.18. The Kier molecular flexibility index (Phi) is 6.78. The molecule has 3 amide bonds. The number of benzene rings is 3. The monoisotopic (exact) mass is 454 g/mol. The van der Waals surface area contributed by atoms with Crippen LogP contribution in [0.2, 0.25) is 0 Å². The number of hydrazine groups is 1. The van der Waals surface area contributed by atoms with Gasteiger partial charge < -0.3 is 10.1 Å². The lowest BCUT2D eigenvalue weighted by Gasteiger charge is -2.16. The number of ether oxygens (including phenoxy) is 1. The van der Waals surface area contributed by atoms with Crippen LogP contribution in [0.5, 0.6) is 5.75 Å². The van der Waals surface area contributed by atoms with Crippen LogP contribution in [-0.2, 0) is 4.79 Å². The first-order valence-electron chi connectivity index (χ1n) is 10.6. The largest absolute Gasteiger partial charge is 0.481 e. The number of hydrogen-bond acceptors (Lipinski definition) is 5. The number of aromatic nitrogens is 1. The molecule has 1 unspecified atom stereocenters. The second-order valence-corrected chi connectivity index (χ2v) is 7.49. The Balaban J connectivity index is 1.32. The molecule has 8 heteroatoms. The number of hydrogen-bond donors (Lipinski definition) is 3. The number of nitrogens with one attached hydrogen (secondary N) is 3. The summed E-state index contributed by atoms with van der Waals surface area (Å²) in [6, 6.07) is 23.0. The van der Waals surface area contributed by atoms with Gasteiger partial charge in [-0.05, 0) is 60.2 Å². The summed E-state index contributed by atoms with van der Waals surface area (Å²) in [6.45, 7) is 1.59. The highest BCUT2D eigenvalue weighted by Gasteiger charge is 2.16. The molecule has 0 spiro atoms. The predicted molar refractivity (Wildman–Crippen MR) is 128 cm³/mol. The van der Waals surface area contributed by atoms with Crippen LogP contribution >= 0.6 is 0 Å². The predicted octanol–water partition coefficient (Wildman–Crippen LogP) is 3.72. The van der Waals surface area contributed by atoms with Gasteiger partial charge >= 0.3 is 0 Å². The first kappa shape index (κ1) is 22.5. The number of fused-ring (bicyclic) bond motifs is 1. The zero-order valence-corrected chi connectivity index (χ0v) is 18.3. The third kappa shape index (κ3) is 5.55. The molecule has 0 bridgehead atoms. The van der Waals surface area contributed by atoms with Crippen LogP contribution in [0.4, 0.5) is 5.69 Å². The molecule has 0 fully saturated rings. The second-order valence-electron chi connectivity index (χ2n) is 7.49. The van der Waals surface area contributed by atoms with Gasteiger partial charge in [-0.1, -0.05) is 36.4 Å². The van der Waals surface area contributed by atoms with Gasteiger partial charge in [-0.25, -0.2) is 0 Å². The Morgan fingerprint density at radius 2 is 1.59 bits per heavy atom. The standard InChI is InChI=1S/C26H22N4O4/c1-17(34-23-12-11-18-6-2-3-7-19(18)15-23)24(31)29-30-26(33)20-8-4-10-22(14-20)28-25(32)21-9-5-13-27-16-21/h2-17H,1H3,(H,28,32)(H,29,31)(H,30,33). The molecule has 0 radical (unpaired) electrons. The SMILES string of the molecule is CC(Oc1ccc2ccccc2c1)C(=O)NNC(=O)c1cccc(NC(=O)c2cccnc2)c1. The van der Waals surface area contributed by atoms with E-state index in [0.29, 0.717) is 17.0 Å². The fourth-order valence-electron chi connectivity index (χ4n) is 3.23. The van der Waals surface area contributed by atoms with Gasteiger partial charge in [0, 0.05) is 23.6 Å². The van der Waals surface area contributed by atoms with E-state index >= 15 is 0 Å². The fraction of sp³-hybridized carbons (Fsp3) is 0.0769. The minimum Gasteiger partial charge on any atom is -0.481 e. The summed E-state index contributed by atoms with van der Waals surface area (Å²) in [7, 11) is 0. The maximum Gasteiger partial charge on any atom is 0.279 e. The maximum atomic E-state index is 12.5. The van der Waals surface area contributed by atoms with Gasteiger partial charge in [-0.3, -0.25) is 30.2 Å². The molecule has 3 N–H and O–H groups in total. The van der Waals surface area contributed by atoms with Crippen molar-refractivity contribution in [3.8, 4) is 5.75 Å². The molecule has 1 heterocycles. The van der Waals surface area contributed by atoms with E-state index in [2.05, 4.69) is 21.2 Å². The number of carbonyl (C=O) groups excluding carboxylic acids is 3. The van der Waals surface area contributed by atoms with Crippen molar-refractivity contribution in [3.05, 3.63) is 102 Å². The zero-order valence-electron chi connectivity index (χ0n) is 18.3. The van der Waals surface area contributed by atoms with Crippen molar-refractivity contribution in [2.45, 2.75) is 13.0 Å². The van der Waals surface area contributed by atoms with Crippen molar-refractivity contribution in [3.63, 3.8) is 0 Å². The normalized spacial score (nSPS) is 11.3. The smallest absolute Gasteiger partial charge is 0.279 e.